The Bertz CT molecular complexity index is 995. The van der Waals surface area contributed by atoms with E-state index in [1.54, 1.807) is 21.3 Å². The van der Waals surface area contributed by atoms with Crippen LogP contribution in [0.4, 0.5) is 0 Å². The third kappa shape index (κ3) is 8.58. The molecule has 0 spiro atoms. The van der Waals surface area contributed by atoms with Crippen LogP contribution in [-0.2, 0) is 31.0 Å². The number of guanidine groups is 1. The second-order valence-electron chi connectivity index (χ2n) is 7.26. The predicted molar refractivity (Wildman–Crippen MR) is 143 cm³/mol. The van der Waals surface area contributed by atoms with Crippen molar-refractivity contribution in [2.75, 3.05) is 21.3 Å². The van der Waals surface area contributed by atoms with Gasteiger partial charge in [0, 0.05) is 20.1 Å². The van der Waals surface area contributed by atoms with Crippen molar-refractivity contribution in [1.82, 2.24) is 10.6 Å². The molecule has 0 heterocycles. The molecule has 3 rings (SSSR count). The van der Waals surface area contributed by atoms with E-state index in [1.165, 1.54) is 11.1 Å². The average molecular weight is 561 g/mol. The van der Waals surface area contributed by atoms with Crippen molar-refractivity contribution in [2.24, 2.45) is 4.99 Å². The number of halogens is 1. The quantitative estimate of drug-likeness (QED) is 0.210. The first kappa shape index (κ1) is 26.5. The standard InChI is InChI=1S/C26H31N3O3.HI/c1-27-26(29-17-23-13-14-24(30-2)25(15-23)31-3)28-16-20-9-11-22(12-10-20)19-32-18-21-7-5-4-6-8-21;/h4-15H,16-19H2,1-3H3,(H2,27,28,29);1H. The highest BCUT2D eigenvalue weighted by Gasteiger charge is 2.05. The molecule has 7 heteroatoms. The van der Waals surface area contributed by atoms with E-state index < -0.39 is 0 Å². The monoisotopic (exact) mass is 561 g/mol. The minimum Gasteiger partial charge on any atom is -0.493 e. The van der Waals surface area contributed by atoms with Crippen LogP contribution in [0.5, 0.6) is 11.5 Å². The highest BCUT2D eigenvalue weighted by atomic mass is 127. The molecular weight excluding hydrogens is 529 g/mol. The number of hydrogen-bond acceptors (Lipinski definition) is 4. The second-order valence-corrected chi connectivity index (χ2v) is 7.26. The molecule has 0 atom stereocenters. The second kappa shape index (κ2) is 14.4. The summed E-state index contributed by atoms with van der Waals surface area (Å²) < 4.78 is 16.5. The minimum absolute atomic E-state index is 0. The van der Waals surface area contributed by atoms with Crippen LogP contribution in [0, 0.1) is 0 Å². The van der Waals surface area contributed by atoms with Crippen LogP contribution in [0.15, 0.2) is 77.8 Å². The van der Waals surface area contributed by atoms with E-state index in [-0.39, 0.29) is 24.0 Å². The van der Waals surface area contributed by atoms with Crippen molar-refractivity contribution in [3.05, 3.63) is 95.1 Å². The van der Waals surface area contributed by atoms with Crippen LogP contribution in [0.1, 0.15) is 22.3 Å². The van der Waals surface area contributed by atoms with Gasteiger partial charge in [-0.2, -0.15) is 0 Å². The molecule has 3 aromatic rings. The summed E-state index contributed by atoms with van der Waals surface area (Å²) in [7, 11) is 5.03. The maximum atomic E-state index is 5.80. The minimum atomic E-state index is 0. The van der Waals surface area contributed by atoms with E-state index in [4.69, 9.17) is 14.2 Å². The molecule has 2 N–H and O–H groups in total. The Labute approximate surface area is 213 Å². The number of nitrogens with one attached hydrogen (secondary N) is 2. The maximum Gasteiger partial charge on any atom is 0.191 e. The van der Waals surface area contributed by atoms with Gasteiger partial charge in [0.25, 0.3) is 0 Å². The number of ether oxygens (including phenoxy) is 3. The molecule has 0 amide bonds. The van der Waals surface area contributed by atoms with Gasteiger partial charge in [-0.25, -0.2) is 0 Å². The highest BCUT2D eigenvalue weighted by molar-refractivity contribution is 14.0. The SMILES string of the molecule is CN=C(NCc1ccc(COCc2ccccc2)cc1)NCc1ccc(OC)c(OC)c1.I. The molecule has 0 aliphatic rings. The first-order chi connectivity index (χ1) is 15.7. The third-order valence-electron chi connectivity index (χ3n) is 4.99. The van der Waals surface area contributed by atoms with Gasteiger partial charge >= 0.3 is 0 Å². The van der Waals surface area contributed by atoms with Crippen molar-refractivity contribution >= 4 is 29.9 Å². The fourth-order valence-corrected chi connectivity index (χ4v) is 3.20. The lowest BCUT2D eigenvalue weighted by Crippen LogP contribution is -2.36. The summed E-state index contributed by atoms with van der Waals surface area (Å²) >= 11 is 0. The lowest BCUT2D eigenvalue weighted by molar-refractivity contribution is 0.107. The molecule has 3 aromatic carbocycles. The van der Waals surface area contributed by atoms with E-state index in [2.05, 4.69) is 52.0 Å². The lowest BCUT2D eigenvalue weighted by atomic mass is 10.1. The van der Waals surface area contributed by atoms with Crippen LogP contribution < -0.4 is 20.1 Å². The third-order valence-corrected chi connectivity index (χ3v) is 4.99. The zero-order valence-electron chi connectivity index (χ0n) is 19.3. The smallest absolute Gasteiger partial charge is 0.191 e. The molecule has 0 aliphatic carbocycles. The van der Waals surface area contributed by atoms with Crippen molar-refractivity contribution in [3.8, 4) is 11.5 Å². The molecule has 176 valence electrons. The molecule has 0 unspecified atom stereocenters. The van der Waals surface area contributed by atoms with Crippen molar-refractivity contribution in [2.45, 2.75) is 26.3 Å². The zero-order valence-corrected chi connectivity index (χ0v) is 21.7. The van der Waals surface area contributed by atoms with Gasteiger partial charge in [0.1, 0.15) is 0 Å². The summed E-state index contributed by atoms with van der Waals surface area (Å²) in [5.74, 6) is 2.16. The molecule has 0 aliphatic heterocycles. The molecule has 0 radical (unpaired) electrons. The predicted octanol–water partition coefficient (Wildman–Crippen LogP) is 4.90. The van der Waals surface area contributed by atoms with Gasteiger partial charge in [0.2, 0.25) is 0 Å². The summed E-state index contributed by atoms with van der Waals surface area (Å²) in [6, 6.07) is 24.5. The van der Waals surface area contributed by atoms with Gasteiger partial charge in [-0.3, -0.25) is 4.99 Å². The van der Waals surface area contributed by atoms with Crippen LogP contribution in [0.3, 0.4) is 0 Å². The van der Waals surface area contributed by atoms with Crippen LogP contribution >= 0.6 is 24.0 Å². The molecule has 0 saturated heterocycles. The normalized spacial score (nSPS) is 10.8. The van der Waals surface area contributed by atoms with E-state index in [0.717, 1.165) is 17.1 Å². The molecule has 6 nitrogen and oxygen atoms in total. The number of hydrogen-bond donors (Lipinski definition) is 2. The van der Waals surface area contributed by atoms with E-state index in [0.29, 0.717) is 37.8 Å². The van der Waals surface area contributed by atoms with E-state index in [9.17, 15) is 0 Å². The van der Waals surface area contributed by atoms with Crippen LogP contribution in [0.25, 0.3) is 0 Å². The van der Waals surface area contributed by atoms with Gasteiger partial charge in [0.05, 0.1) is 27.4 Å². The fourth-order valence-electron chi connectivity index (χ4n) is 3.20. The summed E-state index contributed by atoms with van der Waals surface area (Å²) in [4.78, 5) is 4.30. The Morgan fingerprint density at radius 3 is 1.85 bits per heavy atom. The van der Waals surface area contributed by atoms with Crippen molar-refractivity contribution in [1.29, 1.82) is 0 Å². The number of benzene rings is 3. The van der Waals surface area contributed by atoms with Gasteiger partial charge in [0.15, 0.2) is 17.5 Å². The summed E-state index contributed by atoms with van der Waals surface area (Å²) in [6.07, 6.45) is 0. The average Bonchev–Trinajstić information content (AvgIpc) is 2.85. The van der Waals surface area contributed by atoms with Crippen molar-refractivity contribution in [3.63, 3.8) is 0 Å². The fraction of sp³-hybridized carbons (Fsp3) is 0.269. The van der Waals surface area contributed by atoms with Gasteiger partial charge in [-0.05, 0) is 34.4 Å². The first-order valence-electron chi connectivity index (χ1n) is 10.6. The number of nitrogens with zero attached hydrogens (tertiary/aromatic N) is 1. The van der Waals surface area contributed by atoms with Gasteiger partial charge in [-0.1, -0.05) is 60.7 Å². The largest absolute Gasteiger partial charge is 0.493 e. The summed E-state index contributed by atoms with van der Waals surface area (Å²) in [5, 5.41) is 6.67. The Kier molecular flexibility index (Phi) is 11.5. The van der Waals surface area contributed by atoms with Gasteiger partial charge < -0.3 is 24.8 Å². The Morgan fingerprint density at radius 1 is 0.697 bits per heavy atom. The molecule has 0 aromatic heterocycles. The van der Waals surface area contributed by atoms with Crippen LogP contribution in [0.2, 0.25) is 0 Å². The molecule has 33 heavy (non-hydrogen) atoms. The number of aliphatic imine (C=N–C) groups is 1. The summed E-state index contributed by atoms with van der Waals surface area (Å²) in [6.45, 7) is 2.51. The van der Waals surface area contributed by atoms with Crippen LogP contribution in [-0.4, -0.2) is 27.2 Å². The molecule has 0 saturated carbocycles. The summed E-state index contributed by atoms with van der Waals surface area (Å²) in [5.41, 5.74) is 4.58. The molecule has 0 fully saturated rings. The molecule has 0 bridgehead atoms. The first-order valence-corrected chi connectivity index (χ1v) is 10.6. The Hall–Kier alpha value is -2.78. The Morgan fingerprint density at radius 2 is 1.24 bits per heavy atom. The van der Waals surface area contributed by atoms with Crippen molar-refractivity contribution < 1.29 is 14.2 Å². The van der Waals surface area contributed by atoms with Gasteiger partial charge in [-0.15, -0.1) is 24.0 Å². The number of methoxy groups -OCH3 is 2. The highest BCUT2D eigenvalue weighted by Crippen LogP contribution is 2.27. The van der Waals surface area contributed by atoms with E-state index in [1.807, 2.05) is 36.4 Å². The lowest BCUT2D eigenvalue weighted by Gasteiger charge is -2.14. The zero-order chi connectivity index (χ0) is 22.6. The topological polar surface area (TPSA) is 64.1 Å². The molecular formula is C26H32IN3O3. The maximum absolute atomic E-state index is 5.80. The number of rotatable bonds is 10. The Balaban J connectivity index is 0.00000385. The van der Waals surface area contributed by atoms with E-state index >= 15 is 0 Å².